The minimum Gasteiger partial charge on any atom is -0.395 e. The second kappa shape index (κ2) is 9.34. The summed E-state index contributed by atoms with van der Waals surface area (Å²) in [5.41, 5.74) is 0.863. The van der Waals surface area contributed by atoms with Crippen LogP contribution >= 0.6 is 0 Å². The average Bonchev–Trinajstić information content (AvgIpc) is 2.61. The van der Waals surface area contributed by atoms with Crippen LogP contribution in [0.4, 0.5) is 0 Å². The van der Waals surface area contributed by atoms with Crippen molar-refractivity contribution >= 4 is 15.7 Å². The molecule has 0 bridgehead atoms. The van der Waals surface area contributed by atoms with Gasteiger partial charge >= 0.3 is 0 Å². The fourth-order valence-electron chi connectivity index (χ4n) is 3.49. The van der Waals surface area contributed by atoms with Crippen LogP contribution in [-0.4, -0.2) is 31.8 Å². The Balaban J connectivity index is 1.81. The summed E-state index contributed by atoms with van der Waals surface area (Å²) in [6, 6.07) is 6.46. The van der Waals surface area contributed by atoms with E-state index in [1.54, 1.807) is 12.1 Å². The van der Waals surface area contributed by atoms with Crippen LogP contribution in [0.5, 0.6) is 0 Å². The van der Waals surface area contributed by atoms with Crippen molar-refractivity contribution < 1.29 is 18.3 Å². The molecule has 1 atom stereocenters. The number of aliphatic hydroxyl groups excluding tert-OH is 1. The molecule has 0 aliphatic heterocycles. The molecule has 1 amide bonds. The second-order valence-electron chi connectivity index (χ2n) is 7.04. The number of rotatable bonds is 8. The van der Waals surface area contributed by atoms with Crippen LogP contribution in [0.25, 0.3) is 0 Å². The molecule has 2 rings (SSSR count). The highest BCUT2D eigenvalue weighted by atomic mass is 32.2. The first-order valence-corrected chi connectivity index (χ1v) is 10.8. The number of aliphatic hydroxyl groups is 1. The first kappa shape index (κ1) is 19.9. The minimum absolute atomic E-state index is 0.0510. The lowest BCUT2D eigenvalue weighted by atomic mass is 9.79. The van der Waals surface area contributed by atoms with Gasteiger partial charge in [0.15, 0.2) is 9.84 Å². The fourth-order valence-corrected chi connectivity index (χ4v) is 4.51. The van der Waals surface area contributed by atoms with Crippen molar-refractivity contribution in [2.75, 3.05) is 12.4 Å². The maximum absolute atomic E-state index is 12.1. The molecular weight excluding hydrogens is 338 g/mol. The van der Waals surface area contributed by atoms with Gasteiger partial charge in [0.2, 0.25) is 5.91 Å². The van der Waals surface area contributed by atoms with E-state index in [0.29, 0.717) is 24.8 Å². The normalized spacial score (nSPS) is 17.2. The van der Waals surface area contributed by atoms with Crippen molar-refractivity contribution in [3.63, 3.8) is 0 Å². The average molecular weight is 368 g/mol. The van der Waals surface area contributed by atoms with Gasteiger partial charge in [-0.25, -0.2) is 8.42 Å². The third-order valence-corrected chi connectivity index (χ3v) is 6.80. The van der Waals surface area contributed by atoms with E-state index in [9.17, 15) is 13.2 Å². The number of carbonyl (C=O) groups excluding carboxylic acids is 1. The Morgan fingerprint density at radius 1 is 1.20 bits per heavy atom. The van der Waals surface area contributed by atoms with Gasteiger partial charge in [-0.3, -0.25) is 4.79 Å². The van der Waals surface area contributed by atoms with Gasteiger partial charge in [0.05, 0.1) is 17.3 Å². The minimum atomic E-state index is -3.42. The van der Waals surface area contributed by atoms with Crippen LogP contribution in [0.15, 0.2) is 29.2 Å². The molecule has 5 nitrogen and oxygen atoms in total. The number of carbonyl (C=O) groups is 1. The van der Waals surface area contributed by atoms with Crippen molar-refractivity contribution in [2.24, 2.45) is 11.8 Å². The summed E-state index contributed by atoms with van der Waals surface area (Å²) in [4.78, 5) is 12.3. The van der Waals surface area contributed by atoms with E-state index in [4.69, 9.17) is 5.11 Å². The van der Waals surface area contributed by atoms with E-state index in [1.165, 1.54) is 44.2 Å². The van der Waals surface area contributed by atoms with Gasteiger partial charge < -0.3 is 10.4 Å². The molecule has 0 saturated heterocycles. The van der Waals surface area contributed by atoms with E-state index in [1.807, 2.05) is 0 Å². The number of benzene rings is 1. The molecule has 6 heteroatoms. The van der Waals surface area contributed by atoms with Gasteiger partial charge in [0, 0.05) is 13.0 Å². The molecule has 1 fully saturated rings. The quantitative estimate of drug-likeness (QED) is 0.740. The lowest BCUT2D eigenvalue weighted by molar-refractivity contribution is -0.122. The fraction of sp³-hybridized carbons (Fsp3) is 0.632. The largest absolute Gasteiger partial charge is 0.395 e. The van der Waals surface area contributed by atoms with E-state index >= 15 is 0 Å². The monoisotopic (exact) mass is 367 g/mol. The number of nitrogens with one attached hydrogen (secondary N) is 1. The number of amides is 1. The van der Waals surface area contributed by atoms with Crippen molar-refractivity contribution in [3.05, 3.63) is 29.8 Å². The molecule has 1 aliphatic rings. The highest BCUT2D eigenvalue weighted by molar-refractivity contribution is 7.91. The van der Waals surface area contributed by atoms with Gasteiger partial charge in [-0.15, -0.1) is 0 Å². The molecule has 0 unspecified atom stereocenters. The maximum Gasteiger partial charge on any atom is 0.220 e. The summed E-state index contributed by atoms with van der Waals surface area (Å²) in [6.07, 6.45) is 6.90. The van der Waals surface area contributed by atoms with E-state index < -0.39 is 9.84 Å². The molecule has 25 heavy (non-hydrogen) atoms. The van der Waals surface area contributed by atoms with E-state index in [2.05, 4.69) is 12.2 Å². The number of hydrogen-bond donors (Lipinski definition) is 2. The number of sulfone groups is 1. The standard InChI is InChI=1S/C19H29NO4S/c1-15(17-5-3-2-4-6-17)13-19(22)20-14-16-7-9-18(10-8-16)25(23,24)12-11-21/h7-10,15,17,21H,2-6,11-14H2,1H3,(H,20,22)/t15-/m0/s1. The summed E-state index contributed by atoms with van der Waals surface area (Å²) in [7, 11) is -3.42. The summed E-state index contributed by atoms with van der Waals surface area (Å²) < 4.78 is 23.7. The zero-order valence-electron chi connectivity index (χ0n) is 14.9. The van der Waals surface area contributed by atoms with Crippen LogP contribution < -0.4 is 5.32 Å². The molecular formula is C19H29NO4S. The molecule has 0 heterocycles. The SMILES string of the molecule is C[C@@H](CC(=O)NCc1ccc(S(=O)(=O)CCO)cc1)C1CCCCC1. The highest BCUT2D eigenvalue weighted by Crippen LogP contribution is 2.31. The third-order valence-electron chi connectivity index (χ3n) is 5.09. The second-order valence-corrected chi connectivity index (χ2v) is 9.15. The van der Waals surface area contributed by atoms with Gasteiger partial charge in [0.1, 0.15) is 0 Å². The molecule has 0 aromatic heterocycles. The smallest absolute Gasteiger partial charge is 0.220 e. The van der Waals surface area contributed by atoms with Crippen molar-refractivity contribution in [2.45, 2.75) is 56.9 Å². The molecule has 1 aromatic rings. The summed E-state index contributed by atoms with van der Waals surface area (Å²) in [6.45, 7) is 2.17. The molecule has 2 N–H and O–H groups in total. The predicted octanol–water partition coefficient (Wildman–Crippen LogP) is 2.68. The topological polar surface area (TPSA) is 83.5 Å². The van der Waals surface area contributed by atoms with Gasteiger partial charge in [0.25, 0.3) is 0 Å². The third kappa shape index (κ3) is 6.12. The van der Waals surface area contributed by atoms with Crippen LogP contribution in [0.3, 0.4) is 0 Å². The molecule has 1 aromatic carbocycles. The van der Waals surface area contributed by atoms with E-state index in [-0.39, 0.29) is 23.2 Å². The van der Waals surface area contributed by atoms with Crippen LogP contribution in [-0.2, 0) is 21.2 Å². The Hall–Kier alpha value is -1.40. The Bertz CT molecular complexity index is 649. The van der Waals surface area contributed by atoms with Gasteiger partial charge in [-0.05, 0) is 29.5 Å². The molecule has 0 radical (unpaired) electrons. The lowest BCUT2D eigenvalue weighted by Crippen LogP contribution is -2.27. The molecule has 140 valence electrons. The first-order valence-electron chi connectivity index (χ1n) is 9.11. The molecule has 1 saturated carbocycles. The zero-order valence-corrected chi connectivity index (χ0v) is 15.7. The Morgan fingerprint density at radius 3 is 2.44 bits per heavy atom. The van der Waals surface area contributed by atoms with Crippen LogP contribution in [0, 0.1) is 11.8 Å². The summed E-state index contributed by atoms with van der Waals surface area (Å²) >= 11 is 0. The summed E-state index contributed by atoms with van der Waals surface area (Å²) in [5, 5.41) is 11.7. The zero-order chi connectivity index (χ0) is 18.3. The first-order chi connectivity index (χ1) is 11.9. The Labute approximate surface area is 150 Å². The molecule has 0 spiro atoms. The van der Waals surface area contributed by atoms with Crippen molar-refractivity contribution in [1.82, 2.24) is 5.32 Å². The summed E-state index contributed by atoms with van der Waals surface area (Å²) in [5.74, 6) is 0.846. The van der Waals surface area contributed by atoms with Crippen molar-refractivity contribution in [1.29, 1.82) is 0 Å². The maximum atomic E-state index is 12.1. The van der Waals surface area contributed by atoms with E-state index in [0.717, 1.165) is 5.56 Å². The Morgan fingerprint density at radius 2 is 1.84 bits per heavy atom. The number of hydrogen-bond acceptors (Lipinski definition) is 4. The molecule has 1 aliphatic carbocycles. The van der Waals surface area contributed by atoms with Crippen LogP contribution in [0.1, 0.15) is 51.0 Å². The van der Waals surface area contributed by atoms with Crippen LogP contribution in [0.2, 0.25) is 0 Å². The highest BCUT2D eigenvalue weighted by Gasteiger charge is 2.22. The Kier molecular flexibility index (Phi) is 7.44. The van der Waals surface area contributed by atoms with Gasteiger partial charge in [-0.1, -0.05) is 51.2 Å². The van der Waals surface area contributed by atoms with Gasteiger partial charge in [-0.2, -0.15) is 0 Å². The predicted molar refractivity (Wildman–Crippen MR) is 97.8 cm³/mol. The lowest BCUT2D eigenvalue weighted by Gasteiger charge is -2.27. The van der Waals surface area contributed by atoms with Crippen molar-refractivity contribution in [3.8, 4) is 0 Å².